The molecule has 2 atom stereocenters. The Labute approximate surface area is 82.3 Å². The highest BCUT2D eigenvalue weighted by Gasteiger charge is 2.48. The molecule has 13 heavy (non-hydrogen) atoms. The van der Waals surface area contributed by atoms with E-state index in [-0.39, 0.29) is 0 Å². The van der Waals surface area contributed by atoms with Gasteiger partial charge >= 0.3 is 0 Å². The molecule has 1 heteroatoms. The number of hydrogen-bond acceptors (Lipinski definition) is 1. The van der Waals surface area contributed by atoms with Crippen LogP contribution in [0.15, 0.2) is 0 Å². The summed E-state index contributed by atoms with van der Waals surface area (Å²) in [7, 11) is 2.12. The average Bonchev–Trinajstić information content (AvgIpc) is 2.92. The number of nitrogens with one attached hydrogen (secondary N) is 1. The Morgan fingerprint density at radius 1 is 1.23 bits per heavy atom. The first-order valence-electron chi connectivity index (χ1n) is 5.94. The van der Waals surface area contributed by atoms with Crippen LogP contribution in [0.4, 0.5) is 0 Å². The molecule has 76 valence electrons. The van der Waals surface area contributed by atoms with Crippen LogP contribution in [-0.4, -0.2) is 13.6 Å². The summed E-state index contributed by atoms with van der Waals surface area (Å²) in [5.41, 5.74) is 0.688. The Kier molecular flexibility index (Phi) is 2.64. The highest BCUT2D eigenvalue weighted by Crippen LogP contribution is 2.55. The molecule has 2 aliphatic carbocycles. The van der Waals surface area contributed by atoms with Gasteiger partial charge in [-0.05, 0) is 43.6 Å². The second-order valence-electron chi connectivity index (χ2n) is 5.18. The van der Waals surface area contributed by atoms with Gasteiger partial charge in [0.2, 0.25) is 0 Å². The Morgan fingerprint density at radius 3 is 2.54 bits per heavy atom. The van der Waals surface area contributed by atoms with Gasteiger partial charge in [0.1, 0.15) is 0 Å². The first-order chi connectivity index (χ1) is 6.29. The molecule has 2 unspecified atom stereocenters. The molecule has 0 bridgehead atoms. The van der Waals surface area contributed by atoms with E-state index >= 15 is 0 Å². The smallest absolute Gasteiger partial charge is 0.00100 e. The molecule has 2 fully saturated rings. The molecule has 2 aliphatic rings. The van der Waals surface area contributed by atoms with E-state index in [0.29, 0.717) is 5.41 Å². The fourth-order valence-electron chi connectivity index (χ4n) is 3.44. The number of rotatable bonds is 3. The van der Waals surface area contributed by atoms with E-state index in [9.17, 15) is 0 Å². The van der Waals surface area contributed by atoms with Crippen LogP contribution in [0.3, 0.4) is 0 Å². The zero-order valence-electron chi connectivity index (χ0n) is 9.10. The van der Waals surface area contributed by atoms with Crippen molar-refractivity contribution >= 4 is 0 Å². The summed E-state index contributed by atoms with van der Waals surface area (Å²) in [6, 6.07) is 0. The molecule has 0 saturated heterocycles. The summed E-state index contributed by atoms with van der Waals surface area (Å²) < 4.78 is 0. The molecule has 1 nitrogen and oxygen atoms in total. The predicted molar refractivity (Wildman–Crippen MR) is 56.7 cm³/mol. The highest BCUT2D eigenvalue weighted by molar-refractivity contribution is 4.99. The zero-order valence-corrected chi connectivity index (χ0v) is 9.10. The van der Waals surface area contributed by atoms with Crippen molar-refractivity contribution in [3.63, 3.8) is 0 Å². The third-order valence-corrected chi connectivity index (χ3v) is 4.41. The second kappa shape index (κ2) is 3.61. The Hall–Kier alpha value is -0.0400. The van der Waals surface area contributed by atoms with Crippen molar-refractivity contribution < 1.29 is 0 Å². The molecule has 0 radical (unpaired) electrons. The summed E-state index contributed by atoms with van der Waals surface area (Å²) in [5, 5.41) is 3.43. The van der Waals surface area contributed by atoms with Crippen LogP contribution in [0.1, 0.15) is 45.4 Å². The van der Waals surface area contributed by atoms with Gasteiger partial charge in [0.25, 0.3) is 0 Å². The molecule has 0 aromatic heterocycles. The maximum absolute atomic E-state index is 3.43. The van der Waals surface area contributed by atoms with E-state index in [1.54, 1.807) is 0 Å². The van der Waals surface area contributed by atoms with Gasteiger partial charge < -0.3 is 5.32 Å². The van der Waals surface area contributed by atoms with Gasteiger partial charge in [-0.15, -0.1) is 0 Å². The third-order valence-electron chi connectivity index (χ3n) is 4.41. The van der Waals surface area contributed by atoms with Crippen LogP contribution in [0, 0.1) is 17.3 Å². The maximum atomic E-state index is 3.43. The van der Waals surface area contributed by atoms with Gasteiger partial charge in [-0.3, -0.25) is 0 Å². The fraction of sp³-hybridized carbons (Fsp3) is 1.00. The zero-order chi connectivity index (χ0) is 9.31. The molecule has 0 amide bonds. The highest BCUT2D eigenvalue weighted by atomic mass is 14.8. The van der Waals surface area contributed by atoms with Crippen LogP contribution >= 0.6 is 0 Å². The molecule has 0 aromatic carbocycles. The molecule has 0 aromatic rings. The molecule has 0 aliphatic heterocycles. The summed E-state index contributed by atoms with van der Waals surface area (Å²) in [5.74, 6) is 2.02. The maximum Gasteiger partial charge on any atom is 0.00100 e. The van der Waals surface area contributed by atoms with Gasteiger partial charge in [0, 0.05) is 6.54 Å². The molecular weight excluding hydrogens is 158 g/mol. The van der Waals surface area contributed by atoms with E-state index in [0.717, 1.165) is 11.8 Å². The van der Waals surface area contributed by atoms with Gasteiger partial charge in [-0.25, -0.2) is 0 Å². The lowest BCUT2D eigenvalue weighted by atomic mass is 9.64. The van der Waals surface area contributed by atoms with Crippen LogP contribution in [-0.2, 0) is 0 Å². The lowest BCUT2D eigenvalue weighted by Gasteiger charge is -2.43. The van der Waals surface area contributed by atoms with E-state index < -0.39 is 0 Å². The summed E-state index contributed by atoms with van der Waals surface area (Å²) in [4.78, 5) is 0. The third kappa shape index (κ3) is 1.63. The van der Waals surface area contributed by atoms with Crippen LogP contribution in [0.5, 0.6) is 0 Å². The molecule has 0 spiro atoms. The molecule has 2 saturated carbocycles. The van der Waals surface area contributed by atoms with Crippen molar-refractivity contribution in [3.8, 4) is 0 Å². The standard InChI is InChI=1S/C12H23N/c1-10-5-3-4-8-12(10,9-13-2)11-6-7-11/h10-11,13H,3-9H2,1-2H3. The van der Waals surface area contributed by atoms with E-state index in [4.69, 9.17) is 0 Å². The second-order valence-corrected chi connectivity index (χ2v) is 5.18. The summed E-state index contributed by atoms with van der Waals surface area (Å²) in [6.45, 7) is 3.74. The number of hydrogen-bond donors (Lipinski definition) is 1. The van der Waals surface area contributed by atoms with Crippen LogP contribution < -0.4 is 5.32 Å². The van der Waals surface area contributed by atoms with Gasteiger partial charge in [-0.1, -0.05) is 26.2 Å². The predicted octanol–water partition coefficient (Wildman–Crippen LogP) is 2.81. The molecule has 1 N–H and O–H groups in total. The average molecular weight is 181 g/mol. The SMILES string of the molecule is CNCC1(C2CC2)CCCCC1C. The van der Waals surface area contributed by atoms with Crippen LogP contribution in [0.2, 0.25) is 0 Å². The quantitative estimate of drug-likeness (QED) is 0.706. The van der Waals surface area contributed by atoms with Crippen molar-refractivity contribution in [2.75, 3.05) is 13.6 Å². The van der Waals surface area contributed by atoms with Crippen molar-refractivity contribution in [1.29, 1.82) is 0 Å². The van der Waals surface area contributed by atoms with Crippen LogP contribution in [0.25, 0.3) is 0 Å². The van der Waals surface area contributed by atoms with Crippen molar-refractivity contribution in [3.05, 3.63) is 0 Å². The monoisotopic (exact) mass is 181 g/mol. The minimum Gasteiger partial charge on any atom is -0.319 e. The first-order valence-corrected chi connectivity index (χ1v) is 5.94. The first kappa shape index (κ1) is 9.51. The summed E-state index contributed by atoms with van der Waals surface area (Å²) >= 11 is 0. The van der Waals surface area contributed by atoms with Gasteiger partial charge in [0.05, 0.1) is 0 Å². The van der Waals surface area contributed by atoms with Crippen molar-refractivity contribution in [1.82, 2.24) is 5.32 Å². The minimum absolute atomic E-state index is 0.688. The fourth-order valence-corrected chi connectivity index (χ4v) is 3.44. The molecule has 2 rings (SSSR count). The largest absolute Gasteiger partial charge is 0.319 e. The normalized spacial score (nSPS) is 40.6. The Morgan fingerprint density at radius 2 is 2.00 bits per heavy atom. The van der Waals surface area contributed by atoms with E-state index in [1.165, 1.54) is 45.1 Å². The Bertz CT molecular complexity index is 170. The lowest BCUT2D eigenvalue weighted by molar-refractivity contribution is 0.0801. The Balaban J connectivity index is 2.08. The molecule has 0 heterocycles. The van der Waals surface area contributed by atoms with Crippen molar-refractivity contribution in [2.45, 2.75) is 45.4 Å². The summed E-state index contributed by atoms with van der Waals surface area (Å²) in [6.07, 6.45) is 8.91. The van der Waals surface area contributed by atoms with E-state index in [2.05, 4.69) is 19.3 Å². The van der Waals surface area contributed by atoms with Crippen molar-refractivity contribution in [2.24, 2.45) is 17.3 Å². The lowest BCUT2D eigenvalue weighted by Crippen LogP contribution is -2.42. The van der Waals surface area contributed by atoms with Gasteiger partial charge in [0.15, 0.2) is 0 Å². The van der Waals surface area contributed by atoms with E-state index in [1.807, 2.05) is 0 Å². The topological polar surface area (TPSA) is 12.0 Å². The minimum atomic E-state index is 0.688. The molecular formula is C12H23N. The van der Waals surface area contributed by atoms with Gasteiger partial charge in [-0.2, -0.15) is 0 Å².